The molecule has 2 aliphatic rings. The van der Waals surface area contributed by atoms with Crippen LogP contribution in [0, 0.1) is 5.92 Å². The van der Waals surface area contributed by atoms with Gasteiger partial charge in [0, 0.05) is 25.4 Å². The van der Waals surface area contributed by atoms with E-state index in [1.54, 1.807) is 6.92 Å². The van der Waals surface area contributed by atoms with Crippen molar-refractivity contribution in [2.24, 2.45) is 5.92 Å². The lowest BCUT2D eigenvalue weighted by molar-refractivity contribution is -0.183. The van der Waals surface area contributed by atoms with Crippen LogP contribution in [0.1, 0.15) is 32.6 Å². The van der Waals surface area contributed by atoms with Gasteiger partial charge in [0.1, 0.15) is 0 Å². The van der Waals surface area contributed by atoms with E-state index >= 15 is 0 Å². The van der Waals surface area contributed by atoms with Gasteiger partial charge in [0.05, 0.1) is 19.1 Å². The molecule has 0 aromatic heterocycles. The molecule has 2 fully saturated rings. The first-order valence-corrected chi connectivity index (χ1v) is 6.73. The third-order valence-electron chi connectivity index (χ3n) is 4.14. The van der Waals surface area contributed by atoms with Gasteiger partial charge in [-0.1, -0.05) is 6.92 Å². The lowest BCUT2D eigenvalue weighted by Gasteiger charge is -2.39. The van der Waals surface area contributed by atoms with E-state index in [1.165, 1.54) is 0 Å². The Hall–Kier alpha value is -0.650. The predicted molar refractivity (Wildman–Crippen MR) is 66.3 cm³/mol. The summed E-state index contributed by atoms with van der Waals surface area (Å²) in [6.45, 7) is 3.77. The van der Waals surface area contributed by atoms with Crippen LogP contribution >= 0.6 is 0 Å². The first-order valence-electron chi connectivity index (χ1n) is 6.73. The van der Waals surface area contributed by atoms with E-state index in [-0.39, 0.29) is 11.7 Å². The Morgan fingerprint density at radius 2 is 1.94 bits per heavy atom. The van der Waals surface area contributed by atoms with Crippen LogP contribution < -0.4 is 0 Å². The summed E-state index contributed by atoms with van der Waals surface area (Å²) in [5, 5.41) is 8.93. The summed E-state index contributed by atoms with van der Waals surface area (Å²) in [6, 6.07) is 0.449. The Kier molecular flexibility index (Phi) is 4.25. The van der Waals surface area contributed by atoms with Gasteiger partial charge in [0.25, 0.3) is 0 Å². The van der Waals surface area contributed by atoms with Crippen LogP contribution in [-0.2, 0) is 14.3 Å². The van der Waals surface area contributed by atoms with E-state index in [0.29, 0.717) is 25.8 Å². The second kappa shape index (κ2) is 5.55. The lowest BCUT2D eigenvalue weighted by atomic mass is 9.89. The molecule has 1 aliphatic carbocycles. The standard InChI is InChI=1S/C13H23NO4/c1-10(12(15)16)9-14(2)11-3-5-13(6-4-11)17-7-8-18-13/h10-11H,3-9H2,1-2H3,(H,15,16). The highest BCUT2D eigenvalue weighted by atomic mass is 16.7. The molecule has 5 heteroatoms. The van der Waals surface area contributed by atoms with E-state index in [9.17, 15) is 4.79 Å². The van der Waals surface area contributed by atoms with E-state index < -0.39 is 5.97 Å². The van der Waals surface area contributed by atoms with Gasteiger partial charge in [0.15, 0.2) is 5.79 Å². The molecule has 18 heavy (non-hydrogen) atoms. The van der Waals surface area contributed by atoms with Crippen LogP contribution in [0.3, 0.4) is 0 Å². The van der Waals surface area contributed by atoms with E-state index in [0.717, 1.165) is 25.7 Å². The molecule has 0 aromatic rings. The quantitative estimate of drug-likeness (QED) is 0.823. The van der Waals surface area contributed by atoms with Crippen molar-refractivity contribution in [3.05, 3.63) is 0 Å². The van der Waals surface area contributed by atoms with E-state index in [4.69, 9.17) is 14.6 Å². The number of carboxylic acids is 1. The Morgan fingerprint density at radius 3 is 2.44 bits per heavy atom. The van der Waals surface area contributed by atoms with Crippen molar-refractivity contribution in [1.29, 1.82) is 0 Å². The third-order valence-corrected chi connectivity index (χ3v) is 4.14. The first-order chi connectivity index (χ1) is 8.52. The smallest absolute Gasteiger partial charge is 0.307 e. The zero-order valence-electron chi connectivity index (χ0n) is 11.2. The summed E-state index contributed by atoms with van der Waals surface area (Å²) in [5.74, 6) is -1.36. The molecular formula is C13H23NO4. The molecule has 0 amide bonds. The monoisotopic (exact) mass is 257 g/mol. The van der Waals surface area contributed by atoms with E-state index in [2.05, 4.69) is 4.90 Å². The zero-order valence-corrected chi connectivity index (χ0v) is 11.2. The molecule has 1 spiro atoms. The molecule has 1 saturated carbocycles. The fourth-order valence-electron chi connectivity index (χ4n) is 2.93. The average molecular weight is 257 g/mol. The molecule has 2 rings (SSSR count). The maximum atomic E-state index is 10.9. The number of hydrogen-bond donors (Lipinski definition) is 1. The molecule has 1 aliphatic heterocycles. The molecule has 1 N–H and O–H groups in total. The van der Waals surface area contributed by atoms with Gasteiger partial charge in [-0.3, -0.25) is 4.79 Å². The molecule has 0 radical (unpaired) electrons. The van der Waals surface area contributed by atoms with Crippen molar-refractivity contribution in [2.75, 3.05) is 26.8 Å². The summed E-state index contributed by atoms with van der Waals surface area (Å²) in [5.41, 5.74) is 0. The van der Waals surface area contributed by atoms with Gasteiger partial charge in [-0.25, -0.2) is 0 Å². The Balaban J connectivity index is 1.80. The van der Waals surface area contributed by atoms with Gasteiger partial charge in [-0.2, -0.15) is 0 Å². The molecular weight excluding hydrogens is 234 g/mol. The van der Waals surface area contributed by atoms with Crippen LogP contribution in [0.15, 0.2) is 0 Å². The van der Waals surface area contributed by atoms with E-state index in [1.807, 2.05) is 7.05 Å². The first kappa shape index (κ1) is 13.8. The van der Waals surface area contributed by atoms with Crippen LogP contribution in [0.25, 0.3) is 0 Å². The normalized spacial score (nSPS) is 25.7. The minimum atomic E-state index is -0.725. The predicted octanol–water partition coefficient (Wildman–Crippen LogP) is 1.32. The number of hydrogen-bond acceptors (Lipinski definition) is 4. The Morgan fingerprint density at radius 1 is 1.39 bits per heavy atom. The fourth-order valence-corrected chi connectivity index (χ4v) is 2.93. The second-order valence-corrected chi connectivity index (χ2v) is 5.52. The molecule has 1 saturated heterocycles. The molecule has 5 nitrogen and oxygen atoms in total. The largest absolute Gasteiger partial charge is 0.481 e. The van der Waals surface area contributed by atoms with Gasteiger partial charge in [-0.05, 0) is 19.9 Å². The van der Waals surface area contributed by atoms with Crippen LogP contribution in [-0.4, -0.2) is 54.6 Å². The van der Waals surface area contributed by atoms with Crippen molar-refractivity contribution < 1.29 is 19.4 Å². The van der Waals surface area contributed by atoms with Gasteiger partial charge in [-0.15, -0.1) is 0 Å². The summed E-state index contributed by atoms with van der Waals surface area (Å²) in [4.78, 5) is 13.0. The van der Waals surface area contributed by atoms with Crippen molar-refractivity contribution in [2.45, 2.75) is 44.4 Å². The molecule has 0 bridgehead atoms. The highest BCUT2D eigenvalue weighted by Gasteiger charge is 2.41. The summed E-state index contributed by atoms with van der Waals surface area (Å²) in [6.07, 6.45) is 3.87. The van der Waals surface area contributed by atoms with Gasteiger partial charge >= 0.3 is 5.97 Å². The topological polar surface area (TPSA) is 59.0 Å². The fraction of sp³-hybridized carbons (Fsp3) is 0.923. The number of rotatable bonds is 4. The highest BCUT2D eigenvalue weighted by molar-refractivity contribution is 5.69. The van der Waals surface area contributed by atoms with Crippen LogP contribution in [0.4, 0.5) is 0 Å². The van der Waals surface area contributed by atoms with Crippen molar-refractivity contribution >= 4 is 5.97 Å². The molecule has 1 heterocycles. The summed E-state index contributed by atoms with van der Waals surface area (Å²) in [7, 11) is 2.01. The lowest BCUT2D eigenvalue weighted by Crippen LogP contribution is -2.44. The maximum absolute atomic E-state index is 10.9. The number of aliphatic carboxylic acids is 1. The van der Waals surface area contributed by atoms with Crippen molar-refractivity contribution in [3.8, 4) is 0 Å². The third kappa shape index (κ3) is 3.02. The SMILES string of the molecule is CC(CN(C)C1CCC2(CC1)OCCO2)C(=O)O. The minimum absolute atomic E-state index is 0.315. The summed E-state index contributed by atoms with van der Waals surface area (Å²) >= 11 is 0. The van der Waals surface area contributed by atoms with Crippen molar-refractivity contribution in [1.82, 2.24) is 4.90 Å². The minimum Gasteiger partial charge on any atom is -0.481 e. The average Bonchev–Trinajstić information content (AvgIpc) is 2.78. The number of carbonyl (C=O) groups is 1. The molecule has 0 aromatic carbocycles. The number of nitrogens with zero attached hydrogens (tertiary/aromatic N) is 1. The van der Waals surface area contributed by atoms with Crippen LogP contribution in [0.5, 0.6) is 0 Å². The molecule has 1 atom stereocenters. The number of carboxylic acid groups (broad SMARTS) is 1. The van der Waals surface area contributed by atoms with Gasteiger partial charge in [0.2, 0.25) is 0 Å². The summed E-state index contributed by atoms with van der Waals surface area (Å²) < 4.78 is 11.4. The number of ether oxygens (including phenoxy) is 2. The maximum Gasteiger partial charge on any atom is 0.307 e. The Bertz CT molecular complexity index is 291. The van der Waals surface area contributed by atoms with Crippen molar-refractivity contribution in [3.63, 3.8) is 0 Å². The zero-order chi connectivity index (χ0) is 13.2. The second-order valence-electron chi connectivity index (χ2n) is 5.52. The molecule has 104 valence electrons. The van der Waals surface area contributed by atoms with Crippen LogP contribution in [0.2, 0.25) is 0 Å². The van der Waals surface area contributed by atoms with Gasteiger partial charge < -0.3 is 19.5 Å². The highest BCUT2D eigenvalue weighted by Crippen LogP contribution is 2.37. The molecule has 1 unspecified atom stereocenters. The Labute approximate surface area is 108 Å².